The molecule has 0 aliphatic carbocycles. The molecule has 2 aliphatic heterocycles. The third kappa shape index (κ3) is 22.5. The molecule has 422 valence electrons. The molecule has 16 nitrogen and oxygen atoms in total. The van der Waals surface area contributed by atoms with Gasteiger partial charge >= 0.3 is 18.9 Å². The van der Waals surface area contributed by atoms with E-state index < -0.39 is 11.3 Å². The number of hydrogen-bond donors (Lipinski definition) is 3. The zero-order chi connectivity index (χ0) is 56.3. The minimum atomic E-state index is -0.592. The van der Waals surface area contributed by atoms with Crippen LogP contribution in [-0.4, -0.2) is 140 Å². The number of anilines is 2. The number of rotatable bonds is 28. The van der Waals surface area contributed by atoms with Gasteiger partial charge in [0.2, 0.25) is 11.8 Å². The number of allylic oxidation sites excluding steroid dienone is 1. The van der Waals surface area contributed by atoms with Crippen molar-refractivity contribution < 1.29 is 66.5 Å². The number of piperidine rings is 1. The third-order valence-electron chi connectivity index (χ3n) is 12.8. The van der Waals surface area contributed by atoms with E-state index in [1.807, 2.05) is 104 Å². The monoisotopic (exact) mass is 1100 g/mol. The van der Waals surface area contributed by atoms with Gasteiger partial charge in [-0.25, -0.2) is 0 Å². The molecule has 4 amide bonds. The second-order valence-electron chi connectivity index (χ2n) is 19.7. The fraction of sp³-hybridized carbons (Fsp3) is 0.443. The second kappa shape index (κ2) is 35.2. The van der Waals surface area contributed by atoms with Gasteiger partial charge in [0.05, 0.1) is 78.0 Å². The molecule has 4 aromatic rings. The van der Waals surface area contributed by atoms with Crippen molar-refractivity contribution in [3.05, 3.63) is 151 Å². The number of nitrogens with one attached hydrogen (secondary N) is 3. The Kier molecular flexibility index (Phi) is 29.4. The topological polar surface area (TPSA) is 190 Å². The number of nitrogens with zero attached hydrogens (tertiary/aromatic N) is 3. The number of halogens is 1. The first-order valence-corrected chi connectivity index (χ1v) is 27.0. The number of hydrogen-bond acceptors (Lipinski definition) is 12. The Morgan fingerprint density at radius 1 is 0.734 bits per heavy atom. The number of fused-ring (bicyclic) bond motifs is 1. The average Bonchev–Trinajstić information content (AvgIpc) is 3.45. The van der Waals surface area contributed by atoms with Crippen molar-refractivity contribution >= 4 is 46.6 Å². The van der Waals surface area contributed by atoms with E-state index in [1.165, 1.54) is 0 Å². The van der Waals surface area contributed by atoms with E-state index in [0.29, 0.717) is 116 Å². The zero-order valence-corrected chi connectivity index (χ0v) is 47.5. The van der Waals surface area contributed by atoms with E-state index in [2.05, 4.69) is 54.4 Å². The van der Waals surface area contributed by atoms with Crippen molar-refractivity contribution in [1.29, 1.82) is 5.26 Å². The average molecular weight is 1100 g/mol. The molecule has 18 heteroatoms. The van der Waals surface area contributed by atoms with E-state index in [9.17, 15) is 24.4 Å². The summed E-state index contributed by atoms with van der Waals surface area (Å²) < 4.78 is 32.7. The Balaban J connectivity index is 0.00000214. The Bertz CT molecular complexity index is 2560. The minimum absolute atomic E-state index is 0. The smallest absolute Gasteiger partial charge is 0.445 e. The SMILES string of the molecule is [CH2-]C(C)(C)/C=C(\C#N)C(=O)N1CC(C(=O)NCCOCCOCCOCCOCCOCCNC(=O)c2ccc(-c3ccc4c(c3)[C@H](Nc3ccc(Cl)cc3)C[C@H](C)N4C(C)=O)cc2)CC(c2ccccc2)C1.[CH2-]COC[CH2-].[Li+]. The van der Waals surface area contributed by atoms with Crippen LogP contribution in [0.15, 0.2) is 109 Å². The van der Waals surface area contributed by atoms with Crippen molar-refractivity contribution in [3.63, 3.8) is 0 Å². The second-order valence-corrected chi connectivity index (χ2v) is 20.1. The van der Waals surface area contributed by atoms with Crippen molar-refractivity contribution in [2.75, 3.05) is 116 Å². The van der Waals surface area contributed by atoms with E-state index in [4.69, 9.17) is 35.3 Å². The first-order valence-electron chi connectivity index (χ1n) is 26.6. The molecule has 0 aromatic heterocycles. The van der Waals surface area contributed by atoms with Crippen molar-refractivity contribution in [3.8, 4) is 17.2 Å². The third-order valence-corrected chi connectivity index (χ3v) is 13.1. The molecule has 0 spiro atoms. The van der Waals surface area contributed by atoms with Gasteiger partial charge in [-0.2, -0.15) is 5.26 Å². The number of carbonyl (C=O) groups is 4. The summed E-state index contributed by atoms with van der Waals surface area (Å²) >= 11 is 6.13. The van der Waals surface area contributed by atoms with Gasteiger partial charge in [0.1, 0.15) is 11.6 Å². The van der Waals surface area contributed by atoms with Gasteiger partial charge in [0.25, 0.3) is 11.8 Å². The summed E-state index contributed by atoms with van der Waals surface area (Å²) in [6.07, 6.45) is 2.91. The van der Waals surface area contributed by atoms with E-state index >= 15 is 0 Å². The zero-order valence-electron chi connectivity index (χ0n) is 46.8. The summed E-state index contributed by atoms with van der Waals surface area (Å²) in [7, 11) is 0. The van der Waals surface area contributed by atoms with Crippen LogP contribution in [0.4, 0.5) is 11.4 Å². The van der Waals surface area contributed by atoms with Gasteiger partial charge in [-0.05, 0) is 90.6 Å². The summed E-state index contributed by atoms with van der Waals surface area (Å²) in [5.41, 5.74) is 5.83. The molecule has 0 radical (unpaired) electrons. The van der Waals surface area contributed by atoms with Crippen molar-refractivity contribution in [2.24, 2.45) is 11.3 Å². The van der Waals surface area contributed by atoms with Crippen molar-refractivity contribution in [2.45, 2.75) is 58.5 Å². The van der Waals surface area contributed by atoms with Crippen molar-refractivity contribution in [1.82, 2.24) is 15.5 Å². The molecule has 4 atom stereocenters. The van der Waals surface area contributed by atoms with Crippen LogP contribution in [0.3, 0.4) is 0 Å². The maximum Gasteiger partial charge on any atom is 1.00 e. The fourth-order valence-corrected chi connectivity index (χ4v) is 9.29. The van der Waals surface area contributed by atoms with Crippen LogP contribution >= 0.6 is 11.6 Å². The van der Waals surface area contributed by atoms with Crippen LogP contribution in [0.2, 0.25) is 5.02 Å². The molecular formula is C61H78ClLiN6O10-2. The molecule has 3 N–H and O–H groups in total. The Morgan fingerprint density at radius 2 is 1.29 bits per heavy atom. The number of ether oxygens (including phenoxy) is 6. The molecule has 1 saturated heterocycles. The quantitative estimate of drug-likeness (QED) is 0.0203. The van der Waals surface area contributed by atoms with E-state index in [1.54, 1.807) is 30.0 Å². The predicted octanol–water partition coefficient (Wildman–Crippen LogP) is 5.85. The molecule has 2 heterocycles. The Labute approximate surface area is 485 Å². The maximum absolute atomic E-state index is 13.4. The Morgan fingerprint density at radius 3 is 1.82 bits per heavy atom. The molecule has 0 saturated carbocycles. The van der Waals surface area contributed by atoms with Crippen LogP contribution < -0.4 is 39.7 Å². The van der Waals surface area contributed by atoms with Gasteiger partial charge in [-0.15, -0.1) is 5.41 Å². The minimum Gasteiger partial charge on any atom is -0.445 e. The summed E-state index contributed by atoms with van der Waals surface area (Å²) in [6.45, 7) is 24.3. The molecular weight excluding hydrogens is 1020 g/mol. The molecule has 4 aromatic carbocycles. The first kappa shape index (κ1) is 66.0. The Hall–Kier alpha value is -5.56. The number of carbonyl (C=O) groups excluding carboxylic acids is 4. The van der Waals surface area contributed by atoms with Crippen LogP contribution in [0.25, 0.3) is 11.1 Å². The van der Waals surface area contributed by atoms with E-state index in [0.717, 1.165) is 40.0 Å². The normalized spacial score (nSPS) is 17.0. The standard InChI is InChI=1S/C57H70ClN6O9.C4H8O.Li/c1-40-33-52(62-50-18-16-49(58)17-19-50)51-35-45(15-20-53(51)64(40)41(2)65)43-11-13-44(14-12-43)54(66)60-21-23-69-25-27-71-29-31-73-32-30-72-28-26-70-24-22-61-55(67)47-34-46(42-9-7-6-8-10-42)38-63(39-47)56(68)48(37-59)36-57(3,4)5;1-3-5-4-2;/h6-20,35-36,40,46-47,52,62H,3,21-34,38-39H2,1-2,4-5H3,(H,60,66)(H,61,67);1-4H2;/q-1;-2;+1/b48-36+;;/t40-,46?,47?,52+;;/m0../s1. The molecule has 1 fully saturated rings. The molecule has 0 bridgehead atoms. The van der Waals surface area contributed by atoms with Gasteiger partial charge in [-0.3, -0.25) is 19.2 Å². The van der Waals surface area contributed by atoms with Gasteiger partial charge < -0.3 is 74.9 Å². The van der Waals surface area contributed by atoms with E-state index in [-0.39, 0.29) is 72.6 Å². The summed E-state index contributed by atoms with van der Waals surface area (Å²) in [4.78, 5) is 55.8. The van der Waals surface area contributed by atoms with Crippen LogP contribution in [0, 0.1) is 43.4 Å². The summed E-state index contributed by atoms with van der Waals surface area (Å²) in [5, 5.41) is 19.9. The van der Waals surface area contributed by atoms with Gasteiger partial charge in [-0.1, -0.05) is 93.3 Å². The molecule has 6 rings (SSSR count). The van der Waals surface area contributed by atoms with Gasteiger partial charge in [0, 0.05) is 67.0 Å². The van der Waals surface area contributed by atoms with Crippen LogP contribution in [-0.2, 0) is 42.8 Å². The fourth-order valence-electron chi connectivity index (χ4n) is 9.16. The number of benzene rings is 4. The number of amides is 4. The summed E-state index contributed by atoms with van der Waals surface area (Å²) in [5.74, 6) is -1.22. The molecule has 2 aliphatic rings. The first-order chi connectivity index (χ1) is 37.6. The number of likely N-dealkylation sites (tertiary alicyclic amines) is 1. The predicted molar refractivity (Wildman–Crippen MR) is 305 cm³/mol. The number of nitriles is 1. The summed E-state index contributed by atoms with van der Waals surface area (Å²) in [6, 6.07) is 33.1. The van der Waals surface area contributed by atoms with Crippen LogP contribution in [0.5, 0.6) is 0 Å². The molecule has 2 unspecified atom stereocenters. The van der Waals surface area contributed by atoms with Gasteiger partial charge in [0.15, 0.2) is 0 Å². The largest absolute Gasteiger partial charge is 1.00 e. The maximum atomic E-state index is 13.4. The van der Waals surface area contributed by atoms with Crippen LogP contribution in [0.1, 0.15) is 74.0 Å². The molecule has 79 heavy (non-hydrogen) atoms.